The van der Waals surface area contributed by atoms with Gasteiger partial charge in [0.25, 0.3) is 0 Å². The van der Waals surface area contributed by atoms with E-state index in [0.29, 0.717) is 17.5 Å². The fraction of sp³-hybridized carbons (Fsp3) is 0.375. The number of esters is 1. The molecule has 1 heterocycles. The minimum atomic E-state index is -0.316. The van der Waals surface area contributed by atoms with Gasteiger partial charge in [-0.15, -0.1) is 0 Å². The molecule has 0 radical (unpaired) electrons. The third-order valence-electron chi connectivity index (χ3n) is 3.69. The van der Waals surface area contributed by atoms with E-state index in [0.717, 1.165) is 18.4 Å². The topological polar surface area (TPSA) is 38.7 Å². The van der Waals surface area contributed by atoms with Crippen molar-refractivity contribution in [2.75, 3.05) is 0 Å². The Labute approximate surface area is 113 Å². The maximum absolute atomic E-state index is 11.8. The molecule has 1 saturated carbocycles. The van der Waals surface area contributed by atoms with Crippen molar-refractivity contribution >= 4 is 17.9 Å². The molecule has 19 heavy (non-hydrogen) atoms. The van der Waals surface area contributed by atoms with Crippen LogP contribution in [0.25, 0.3) is 6.08 Å². The van der Waals surface area contributed by atoms with Crippen LogP contribution in [0.1, 0.15) is 36.8 Å². The largest absolute Gasteiger partial charge is 0.406 e. The number of nitrogens with zero attached hydrogens (tertiary/aromatic N) is 1. The van der Waals surface area contributed by atoms with E-state index in [1.165, 1.54) is 18.4 Å². The van der Waals surface area contributed by atoms with Crippen molar-refractivity contribution in [2.24, 2.45) is 10.9 Å². The lowest BCUT2D eigenvalue weighted by atomic mass is 10.1. The summed E-state index contributed by atoms with van der Waals surface area (Å²) in [5, 5.41) is 0. The lowest BCUT2D eigenvalue weighted by molar-refractivity contribution is -0.130. The molecule has 0 N–H and O–H groups in total. The van der Waals surface area contributed by atoms with Crippen LogP contribution in [0.4, 0.5) is 0 Å². The van der Waals surface area contributed by atoms with Gasteiger partial charge >= 0.3 is 5.97 Å². The monoisotopic (exact) mass is 255 g/mol. The minimum absolute atomic E-state index is 0.316. The predicted octanol–water partition coefficient (Wildman–Crippen LogP) is 3.48. The third kappa shape index (κ3) is 2.60. The Morgan fingerprint density at radius 3 is 2.84 bits per heavy atom. The standard InChI is InChI=1S/C16H17NO2/c1-11-5-4-6-12(9-11)10-14-16(18)19-15(17-14)13-7-2-3-8-13/h4-6,9-10,13H,2-3,7-8H2,1H3/b14-10+. The molecule has 1 aliphatic heterocycles. The van der Waals surface area contributed by atoms with E-state index in [-0.39, 0.29) is 5.97 Å². The number of hydrogen-bond donors (Lipinski definition) is 0. The number of ether oxygens (including phenoxy) is 1. The molecule has 0 amide bonds. The SMILES string of the molecule is Cc1cccc(/C=C2/N=C(C3CCCC3)OC2=O)c1. The summed E-state index contributed by atoms with van der Waals surface area (Å²) in [6, 6.07) is 8.01. The summed E-state index contributed by atoms with van der Waals surface area (Å²) < 4.78 is 5.30. The molecule has 1 aliphatic carbocycles. The zero-order valence-electron chi connectivity index (χ0n) is 11.1. The van der Waals surface area contributed by atoms with Gasteiger partial charge in [-0.1, -0.05) is 42.7 Å². The van der Waals surface area contributed by atoms with Crippen molar-refractivity contribution in [3.63, 3.8) is 0 Å². The molecule has 98 valence electrons. The lowest BCUT2D eigenvalue weighted by Crippen LogP contribution is -2.12. The van der Waals surface area contributed by atoms with E-state index >= 15 is 0 Å². The van der Waals surface area contributed by atoms with Gasteiger partial charge in [0.05, 0.1) is 0 Å². The highest BCUT2D eigenvalue weighted by atomic mass is 16.6. The smallest absolute Gasteiger partial charge is 0.363 e. The minimum Gasteiger partial charge on any atom is -0.406 e. The van der Waals surface area contributed by atoms with Crippen molar-refractivity contribution in [3.05, 3.63) is 41.1 Å². The van der Waals surface area contributed by atoms with E-state index in [2.05, 4.69) is 4.99 Å². The van der Waals surface area contributed by atoms with Crippen molar-refractivity contribution in [1.29, 1.82) is 0 Å². The molecule has 1 aromatic carbocycles. The van der Waals surface area contributed by atoms with Crippen molar-refractivity contribution < 1.29 is 9.53 Å². The Kier molecular flexibility index (Phi) is 3.20. The molecule has 1 fully saturated rings. The van der Waals surface area contributed by atoms with Crippen LogP contribution in [-0.2, 0) is 9.53 Å². The average Bonchev–Trinajstić information content (AvgIpc) is 3.00. The first-order valence-electron chi connectivity index (χ1n) is 6.81. The number of carbonyl (C=O) groups excluding carboxylic acids is 1. The summed E-state index contributed by atoms with van der Waals surface area (Å²) >= 11 is 0. The van der Waals surface area contributed by atoms with Gasteiger partial charge in [-0.25, -0.2) is 9.79 Å². The van der Waals surface area contributed by atoms with Crippen molar-refractivity contribution in [2.45, 2.75) is 32.6 Å². The molecule has 0 aromatic heterocycles. The predicted molar refractivity (Wildman–Crippen MR) is 74.6 cm³/mol. The first kappa shape index (κ1) is 12.2. The number of cyclic esters (lactones) is 1. The van der Waals surface area contributed by atoms with Gasteiger partial charge in [0, 0.05) is 5.92 Å². The molecule has 0 saturated heterocycles. The zero-order chi connectivity index (χ0) is 13.2. The van der Waals surface area contributed by atoms with E-state index in [1.807, 2.05) is 31.2 Å². The maximum atomic E-state index is 11.8. The summed E-state index contributed by atoms with van der Waals surface area (Å²) in [6.07, 6.45) is 6.39. The van der Waals surface area contributed by atoms with Crippen LogP contribution in [0.15, 0.2) is 35.0 Å². The Morgan fingerprint density at radius 1 is 1.32 bits per heavy atom. The van der Waals surface area contributed by atoms with Gasteiger partial charge in [0.15, 0.2) is 5.70 Å². The number of aliphatic imine (C=N–C) groups is 1. The van der Waals surface area contributed by atoms with E-state index in [1.54, 1.807) is 6.08 Å². The molecule has 0 atom stereocenters. The summed E-state index contributed by atoms with van der Waals surface area (Å²) in [5.41, 5.74) is 2.58. The van der Waals surface area contributed by atoms with E-state index in [4.69, 9.17) is 4.74 Å². The highest BCUT2D eigenvalue weighted by Crippen LogP contribution is 2.30. The molecule has 3 heteroatoms. The normalized spacial score (nSPS) is 21.8. The molecular formula is C16H17NO2. The molecule has 0 spiro atoms. The van der Waals surface area contributed by atoms with Crippen LogP contribution in [0.3, 0.4) is 0 Å². The van der Waals surface area contributed by atoms with Gasteiger partial charge in [-0.05, 0) is 31.4 Å². The Morgan fingerprint density at radius 2 is 2.11 bits per heavy atom. The second kappa shape index (κ2) is 5.00. The van der Waals surface area contributed by atoms with Gasteiger partial charge in [-0.2, -0.15) is 0 Å². The fourth-order valence-electron chi connectivity index (χ4n) is 2.69. The van der Waals surface area contributed by atoms with E-state index in [9.17, 15) is 4.79 Å². The second-order valence-corrected chi connectivity index (χ2v) is 5.26. The van der Waals surface area contributed by atoms with Gasteiger partial charge in [0.1, 0.15) is 0 Å². The Hall–Kier alpha value is -1.90. The lowest BCUT2D eigenvalue weighted by Gasteiger charge is -2.05. The Balaban J connectivity index is 1.85. The van der Waals surface area contributed by atoms with Crippen molar-refractivity contribution in [3.8, 4) is 0 Å². The molecule has 3 nitrogen and oxygen atoms in total. The molecule has 3 rings (SSSR count). The molecule has 0 unspecified atom stereocenters. The van der Waals surface area contributed by atoms with Crippen LogP contribution < -0.4 is 0 Å². The van der Waals surface area contributed by atoms with Crippen LogP contribution in [0, 0.1) is 12.8 Å². The quantitative estimate of drug-likeness (QED) is 0.599. The average molecular weight is 255 g/mol. The summed E-state index contributed by atoms with van der Waals surface area (Å²) in [6.45, 7) is 2.03. The summed E-state index contributed by atoms with van der Waals surface area (Å²) in [7, 11) is 0. The van der Waals surface area contributed by atoms with Crippen LogP contribution >= 0.6 is 0 Å². The zero-order valence-corrected chi connectivity index (χ0v) is 11.1. The van der Waals surface area contributed by atoms with Crippen LogP contribution in [-0.4, -0.2) is 11.9 Å². The first-order valence-corrected chi connectivity index (χ1v) is 6.81. The highest BCUT2D eigenvalue weighted by Gasteiger charge is 2.30. The van der Waals surface area contributed by atoms with Gasteiger partial charge < -0.3 is 4.74 Å². The number of hydrogen-bond acceptors (Lipinski definition) is 3. The van der Waals surface area contributed by atoms with Crippen LogP contribution in [0.5, 0.6) is 0 Å². The Bertz CT molecular complexity index is 566. The number of benzene rings is 1. The molecular weight excluding hydrogens is 238 g/mol. The summed E-state index contributed by atoms with van der Waals surface area (Å²) in [4.78, 5) is 16.2. The number of rotatable bonds is 2. The van der Waals surface area contributed by atoms with Crippen LogP contribution in [0.2, 0.25) is 0 Å². The highest BCUT2D eigenvalue weighted by molar-refractivity contribution is 6.07. The summed E-state index contributed by atoms with van der Waals surface area (Å²) in [5.74, 6) is 0.650. The van der Waals surface area contributed by atoms with Gasteiger partial charge in [-0.3, -0.25) is 0 Å². The number of aryl methyl sites for hydroxylation is 1. The number of carbonyl (C=O) groups is 1. The second-order valence-electron chi connectivity index (χ2n) is 5.26. The molecule has 2 aliphatic rings. The van der Waals surface area contributed by atoms with Gasteiger partial charge in [0.2, 0.25) is 5.90 Å². The van der Waals surface area contributed by atoms with Crippen molar-refractivity contribution in [1.82, 2.24) is 0 Å². The van der Waals surface area contributed by atoms with E-state index < -0.39 is 0 Å². The molecule has 1 aromatic rings. The first-order chi connectivity index (χ1) is 9.22. The molecule has 0 bridgehead atoms. The maximum Gasteiger partial charge on any atom is 0.363 e. The third-order valence-corrected chi connectivity index (χ3v) is 3.69. The fourth-order valence-corrected chi connectivity index (χ4v) is 2.69.